The van der Waals surface area contributed by atoms with Crippen molar-refractivity contribution in [3.63, 3.8) is 0 Å². The molecule has 1 heterocycles. The van der Waals surface area contributed by atoms with E-state index in [1.165, 1.54) is 16.5 Å². The van der Waals surface area contributed by atoms with Crippen molar-refractivity contribution >= 4 is 12.2 Å². The van der Waals surface area contributed by atoms with Crippen LogP contribution in [0.3, 0.4) is 0 Å². The number of hydrogen-bond donors (Lipinski definition) is 1. The molecule has 2 atom stereocenters. The van der Waals surface area contributed by atoms with E-state index in [1.807, 2.05) is 0 Å². The molecule has 86 valence electrons. The Morgan fingerprint density at radius 3 is 3.00 bits per heavy atom. The molecule has 0 aliphatic heterocycles. The first-order chi connectivity index (χ1) is 7.75. The average Bonchev–Trinajstić information content (AvgIpc) is 2.56. The van der Waals surface area contributed by atoms with Gasteiger partial charge >= 0.3 is 0 Å². The van der Waals surface area contributed by atoms with Gasteiger partial charge < -0.3 is 10.2 Å². The normalized spacial score (nSPS) is 28.4. The molecular weight excluding hydrogens is 198 g/mol. The Balaban J connectivity index is 2.13. The van der Waals surface area contributed by atoms with Gasteiger partial charge in [-0.1, -0.05) is 13.0 Å². The molecule has 0 bridgehead atoms. The molecular formula is C14H19NO. The van der Waals surface area contributed by atoms with E-state index in [9.17, 15) is 0 Å². The van der Waals surface area contributed by atoms with Crippen LogP contribution in [0.4, 0.5) is 0 Å². The van der Waals surface area contributed by atoms with E-state index >= 15 is 0 Å². The smallest absolute Gasteiger partial charge is 0.130 e. The molecule has 16 heavy (non-hydrogen) atoms. The van der Waals surface area contributed by atoms with Crippen LogP contribution in [0, 0.1) is 5.92 Å². The second-order valence-corrected chi connectivity index (χ2v) is 5.15. The zero-order valence-corrected chi connectivity index (χ0v) is 9.83. The molecule has 0 amide bonds. The second kappa shape index (κ2) is 3.77. The van der Waals surface area contributed by atoms with E-state index in [0.29, 0.717) is 12.0 Å². The first kappa shape index (κ1) is 10.2. The van der Waals surface area contributed by atoms with Gasteiger partial charge in [-0.2, -0.15) is 0 Å². The minimum atomic E-state index is 0.325. The van der Waals surface area contributed by atoms with E-state index in [1.54, 1.807) is 0 Å². The summed E-state index contributed by atoms with van der Waals surface area (Å²) < 4.78 is 5.98. The third-order valence-electron chi connectivity index (χ3n) is 3.97. The molecule has 2 aliphatic rings. The summed E-state index contributed by atoms with van der Waals surface area (Å²) in [5.74, 6) is 1.73. The summed E-state index contributed by atoms with van der Waals surface area (Å²) >= 11 is 0. The first-order valence-corrected chi connectivity index (χ1v) is 6.32. The van der Waals surface area contributed by atoms with Gasteiger partial charge in [0.1, 0.15) is 11.2 Å². The first-order valence-electron chi connectivity index (χ1n) is 6.32. The van der Waals surface area contributed by atoms with E-state index in [-0.39, 0.29) is 0 Å². The van der Waals surface area contributed by atoms with Gasteiger partial charge in [-0.25, -0.2) is 0 Å². The molecule has 0 radical (unpaired) electrons. The monoisotopic (exact) mass is 217 g/mol. The largest absolute Gasteiger partial charge is 0.461 e. The molecule has 0 fully saturated rings. The van der Waals surface area contributed by atoms with Crippen molar-refractivity contribution < 1.29 is 4.42 Å². The number of rotatable bonds is 0. The van der Waals surface area contributed by atoms with Gasteiger partial charge in [0, 0.05) is 23.2 Å². The summed E-state index contributed by atoms with van der Waals surface area (Å²) in [5, 5.41) is 1.36. The lowest BCUT2D eigenvalue weighted by atomic mass is 9.98. The molecule has 2 nitrogen and oxygen atoms in total. The van der Waals surface area contributed by atoms with E-state index in [0.717, 1.165) is 37.5 Å². The Hall–Kier alpha value is -1.02. The van der Waals surface area contributed by atoms with Gasteiger partial charge in [0.2, 0.25) is 0 Å². The minimum Gasteiger partial charge on any atom is -0.461 e. The van der Waals surface area contributed by atoms with Crippen molar-refractivity contribution in [2.24, 2.45) is 11.7 Å². The standard InChI is InChI=1S/C14H19NO/c1-9-8-14-11(6-7-12(9)15)10-4-2-3-5-13(10)16-14/h4-5,9,12H,2-3,6-8,15H2,1H3. The highest BCUT2D eigenvalue weighted by atomic mass is 16.3. The summed E-state index contributed by atoms with van der Waals surface area (Å²) in [7, 11) is 0. The third-order valence-corrected chi connectivity index (χ3v) is 3.97. The molecule has 2 unspecified atom stereocenters. The van der Waals surface area contributed by atoms with E-state index < -0.39 is 0 Å². The quantitative estimate of drug-likeness (QED) is 0.661. The third kappa shape index (κ3) is 1.52. The fourth-order valence-electron chi connectivity index (χ4n) is 2.84. The number of nitrogens with two attached hydrogens (primary N) is 1. The zero-order valence-electron chi connectivity index (χ0n) is 9.83. The average molecular weight is 217 g/mol. The highest BCUT2D eigenvalue weighted by molar-refractivity contribution is 5.40. The van der Waals surface area contributed by atoms with Gasteiger partial charge in [-0.3, -0.25) is 0 Å². The lowest BCUT2D eigenvalue weighted by Crippen LogP contribution is -2.29. The Bertz CT molecular complexity index is 512. The highest BCUT2D eigenvalue weighted by Crippen LogP contribution is 2.21. The van der Waals surface area contributed by atoms with Crippen LogP contribution in [0.15, 0.2) is 4.42 Å². The van der Waals surface area contributed by atoms with Gasteiger partial charge in [-0.15, -0.1) is 0 Å². The van der Waals surface area contributed by atoms with Gasteiger partial charge in [0.05, 0.1) is 0 Å². The Kier molecular flexibility index (Phi) is 2.40. The lowest BCUT2D eigenvalue weighted by Gasteiger charge is -2.14. The predicted octanol–water partition coefficient (Wildman–Crippen LogP) is 1.09. The van der Waals surface area contributed by atoms with Crippen LogP contribution >= 0.6 is 0 Å². The molecule has 3 rings (SSSR count). The summed E-state index contributed by atoms with van der Waals surface area (Å²) in [5.41, 5.74) is 8.68. The molecule has 2 heteroatoms. The van der Waals surface area contributed by atoms with Crippen molar-refractivity contribution in [2.45, 2.75) is 45.1 Å². The Labute approximate surface area is 95.8 Å². The Morgan fingerprint density at radius 2 is 2.12 bits per heavy atom. The van der Waals surface area contributed by atoms with Crippen molar-refractivity contribution in [3.8, 4) is 0 Å². The van der Waals surface area contributed by atoms with Crippen LogP contribution in [0.25, 0.3) is 12.2 Å². The lowest BCUT2D eigenvalue weighted by molar-refractivity contribution is 0.397. The summed E-state index contributed by atoms with van der Waals surface area (Å²) in [6.45, 7) is 2.23. The van der Waals surface area contributed by atoms with Crippen LogP contribution in [-0.2, 0) is 12.8 Å². The van der Waals surface area contributed by atoms with Crippen LogP contribution in [0.2, 0.25) is 0 Å². The molecule has 1 aromatic rings. The summed E-state index contributed by atoms with van der Waals surface area (Å²) in [6.07, 6.45) is 10.0. The summed E-state index contributed by atoms with van der Waals surface area (Å²) in [6, 6.07) is 0.325. The number of hydrogen-bond acceptors (Lipinski definition) is 2. The number of fused-ring (bicyclic) bond motifs is 3. The van der Waals surface area contributed by atoms with Crippen molar-refractivity contribution in [3.05, 3.63) is 22.0 Å². The molecule has 2 N–H and O–H groups in total. The molecule has 1 aromatic heterocycles. The maximum Gasteiger partial charge on any atom is 0.130 e. The van der Waals surface area contributed by atoms with Gasteiger partial charge in [-0.05, 0) is 37.7 Å². The molecule has 0 aromatic carbocycles. The predicted molar refractivity (Wildman–Crippen MR) is 65.3 cm³/mol. The van der Waals surface area contributed by atoms with Crippen molar-refractivity contribution in [1.29, 1.82) is 0 Å². The van der Waals surface area contributed by atoms with Crippen LogP contribution in [0.5, 0.6) is 0 Å². The topological polar surface area (TPSA) is 39.2 Å². The summed E-state index contributed by atoms with van der Waals surface area (Å²) in [4.78, 5) is 0. The maximum absolute atomic E-state index is 6.13. The maximum atomic E-state index is 6.13. The van der Waals surface area contributed by atoms with Gasteiger partial charge in [0.25, 0.3) is 0 Å². The SMILES string of the molecule is CC1Cc2oc3c(c2CCC1N)=CCCC=3. The van der Waals surface area contributed by atoms with Crippen LogP contribution in [-0.4, -0.2) is 6.04 Å². The number of furan rings is 1. The van der Waals surface area contributed by atoms with Crippen molar-refractivity contribution in [1.82, 2.24) is 0 Å². The molecule has 0 saturated heterocycles. The minimum absolute atomic E-state index is 0.325. The van der Waals surface area contributed by atoms with E-state index in [4.69, 9.17) is 10.2 Å². The Morgan fingerprint density at radius 1 is 1.31 bits per heavy atom. The van der Waals surface area contributed by atoms with Crippen LogP contribution in [0.1, 0.15) is 37.5 Å². The fraction of sp³-hybridized carbons (Fsp3) is 0.571. The van der Waals surface area contributed by atoms with Crippen LogP contribution < -0.4 is 16.4 Å². The molecule has 2 aliphatic carbocycles. The molecule has 0 saturated carbocycles. The van der Waals surface area contributed by atoms with Crippen molar-refractivity contribution in [2.75, 3.05) is 0 Å². The fourth-order valence-corrected chi connectivity index (χ4v) is 2.84. The second-order valence-electron chi connectivity index (χ2n) is 5.15. The van der Waals surface area contributed by atoms with Gasteiger partial charge in [0.15, 0.2) is 0 Å². The molecule has 0 spiro atoms. The van der Waals surface area contributed by atoms with E-state index in [2.05, 4.69) is 19.1 Å². The highest BCUT2D eigenvalue weighted by Gasteiger charge is 2.23. The zero-order chi connectivity index (χ0) is 11.1.